The van der Waals surface area contributed by atoms with Crippen molar-refractivity contribution in [3.05, 3.63) is 12.2 Å². The fourth-order valence-electron chi connectivity index (χ4n) is 3.35. The molecule has 0 nitrogen and oxygen atoms in total. The molecular formula is C11H15I. The summed E-state index contributed by atoms with van der Waals surface area (Å²) in [5.74, 6) is 3.24. The Morgan fingerprint density at radius 1 is 1.33 bits per heavy atom. The average Bonchev–Trinajstić information content (AvgIpc) is 2.58. The molecule has 0 heterocycles. The van der Waals surface area contributed by atoms with Crippen LogP contribution in [-0.2, 0) is 0 Å². The molecular weight excluding hydrogens is 259 g/mol. The van der Waals surface area contributed by atoms with Gasteiger partial charge in [-0.25, -0.2) is 0 Å². The Hall–Kier alpha value is 0.470. The highest BCUT2D eigenvalue weighted by Crippen LogP contribution is 2.63. The van der Waals surface area contributed by atoms with E-state index in [1.165, 1.54) is 31.3 Å². The van der Waals surface area contributed by atoms with Crippen molar-refractivity contribution < 1.29 is 0 Å². The van der Waals surface area contributed by atoms with Crippen molar-refractivity contribution in [3.63, 3.8) is 0 Å². The van der Waals surface area contributed by atoms with E-state index in [1.807, 2.05) is 0 Å². The molecule has 3 fully saturated rings. The molecule has 3 saturated carbocycles. The third kappa shape index (κ3) is 1.01. The fourth-order valence-corrected chi connectivity index (χ4v) is 4.93. The van der Waals surface area contributed by atoms with E-state index >= 15 is 0 Å². The van der Waals surface area contributed by atoms with E-state index in [-0.39, 0.29) is 0 Å². The molecule has 66 valence electrons. The first-order valence-electron chi connectivity index (χ1n) is 5.03. The lowest BCUT2D eigenvalue weighted by Gasteiger charge is -2.33. The molecule has 0 aromatic heterocycles. The zero-order chi connectivity index (χ0) is 8.34. The molecule has 1 heteroatoms. The van der Waals surface area contributed by atoms with Crippen LogP contribution in [0.4, 0.5) is 0 Å². The summed E-state index contributed by atoms with van der Waals surface area (Å²) in [6, 6.07) is 0. The van der Waals surface area contributed by atoms with Gasteiger partial charge >= 0.3 is 0 Å². The van der Waals surface area contributed by atoms with Gasteiger partial charge in [0.05, 0.1) is 0 Å². The second-order valence-corrected chi connectivity index (χ2v) is 7.21. The number of rotatable bonds is 0. The zero-order valence-corrected chi connectivity index (χ0v) is 9.51. The molecule has 0 N–H and O–H groups in total. The summed E-state index contributed by atoms with van der Waals surface area (Å²) in [6.45, 7) is 4.16. The number of allylic oxidation sites excluding steroid dienone is 1. The SMILES string of the molecule is C=C1C[C@@H]2CC3CC3C[C@]2(I)C1. The highest BCUT2D eigenvalue weighted by molar-refractivity contribution is 14.1. The molecule has 0 aromatic carbocycles. The number of halogens is 1. The van der Waals surface area contributed by atoms with Gasteiger partial charge in [0.2, 0.25) is 0 Å². The molecule has 0 radical (unpaired) electrons. The van der Waals surface area contributed by atoms with Crippen LogP contribution in [0.1, 0.15) is 32.1 Å². The summed E-state index contributed by atoms with van der Waals surface area (Å²) in [5, 5.41) is 0. The largest absolute Gasteiger partial charge is 0.0998 e. The molecule has 0 amide bonds. The van der Waals surface area contributed by atoms with Crippen LogP contribution in [0.15, 0.2) is 12.2 Å². The van der Waals surface area contributed by atoms with Gasteiger partial charge in [0.25, 0.3) is 0 Å². The van der Waals surface area contributed by atoms with Gasteiger partial charge in [-0.1, -0.05) is 34.7 Å². The van der Waals surface area contributed by atoms with Crippen molar-refractivity contribution in [2.75, 3.05) is 0 Å². The van der Waals surface area contributed by atoms with Crippen LogP contribution in [0.3, 0.4) is 0 Å². The number of hydrogen-bond acceptors (Lipinski definition) is 0. The van der Waals surface area contributed by atoms with Crippen LogP contribution in [-0.4, -0.2) is 3.42 Å². The molecule has 3 rings (SSSR count). The second-order valence-electron chi connectivity index (χ2n) is 5.06. The van der Waals surface area contributed by atoms with E-state index in [9.17, 15) is 0 Å². The van der Waals surface area contributed by atoms with E-state index in [4.69, 9.17) is 0 Å². The topological polar surface area (TPSA) is 0 Å². The highest BCUT2D eigenvalue weighted by Gasteiger charge is 2.55. The van der Waals surface area contributed by atoms with E-state index in [1.54, 1.807) is 6.42 Å². The molecule has 4 atom stereocenters. The van der Waals surface area contributed by atoms with Gasteiger partial charge in [-0.3, -0.25) is 0 Å². The minimum atomic E-state index is 0.645. The summed E-state index contributed by atoms with van der Waals surface area (Å²) in [6.07, 6.45) is 7.23. The van der Waals surface area contributed by atoms with E-state index < -0.39 is 0 Å². The molecule has 3 aliphatic rings. The predicted molar refractivity (Wildman–Crippen MR) is 59.4 cm³/mol. The van der Waals surface area contributed by atoms with Crippen LogP contribution in [0.2, 0.25) is 0 Å². The van der Waals surface area contributed by atoms with Gasteiger partial charge in [0, 0.05) is 3.42 Å². The van der Waals surface area contributed by atoms with Crippen LogP contribution in [0.25, 0.3) is 0 Å². The number of hydrogen-bond donors (Lipinski definition) is 0. The van der Waals surface area contributed by atoms with Crippen molar-refractivity contribution in [2.24, 2.45) is 17.8 Å². The van der Waals surface area contributed by atoms with Gasteiger partial charge < -0.3 is 0 Å². The maximum absolute atomic E-state index is 4.16. The first-order valence-corrected chi connectivity index (χ1v) is 6.11. The summed E-state index contributed by atoms with van der Waals surface area (Å²) in [5.41, 5.74) is 1.52. The number of fused-ring (bicyclic) bond motifs is 2. The van der Waals surface area contributed by atoms with Crippen molar-refractivity contribution in [1.82, 2.24) is 0 Å². The minimum absolute atomic E-state index is 0.645. The lowest BCUT2D eigenvalue weighted by Crippen LogP contribution is -2.30. The summed E-state index contributed by atoms with van der Waals surface area (Å²) >= 11 is 2.74. The van der Waals surface area contributed by atoms with Gasteiger partial charge in [0.15, 0.2) is 0 Å². The Morgan fingerprint density at radius 2 is 2.17 bits per heavy atom. The minimum Gasteiger partial charge on any atom is -0.0998 e. The first kappa shape index (κ1) is 7.84. The van der Waals surface area contributed by atoms with Crippen LogP contribution in [0, 0.1) is 17.8 Å². The van der Waals surface area contributed by atoms with Crippen molar-refractivity contribution in [3.8, 4) is 0 Å². The second kappa shape index (κ2) is 2.28. The molecule has 0 spiro atoms. The van der Waals surface area contributed by atoms with Gasteiger partial charge in [0.1, 0.15) is 0 Å². The van der Waals surface area contributed by atoms with E-state index in [0.717, 1.165) is 17.8 Å². The van der Waals surface area contributed by atoms with Crippen LogP contribution >= 0.6 is 22.6 Å². The maximum atomic E-state index is 4.16. The zero-order valence-electron chi connectivity index (χ0n) is 7.35. The Kier molecular flexibility index (Phi) is 1.49. The Bertz CT molecular complexity index is 245. The summed E-state index contributed by atoms with van der Waals surface area (Å²) < 4.78 is 0.645. The number of alkyl halides is 1. The van der Waals surface area contributed by atoms with E-state index in [0.29, 0.717) is 3.42 Å². The normalized spacial score (nSPS) is 56.4. The molecule has 12 heavy (non-hydrogen) atoms. The van der Waals surface area contributed by atoms with Gasteiger partial charge in [-0.2, -0.15) is 0 Å². The monoisotopic (exact) mass is 274 g/mol. The third-order valence-electron chi connectivity index (χ3n) is 4.07. The molecule has 3 aliphatic carbocycles. The average molecular weight is 274 g/mol. The summed E-state index contributed by atoms with van der Waals surface area (Å²) in [7, 11) is 0. The lowest BCUT2D eigenvalue weighted by atomic mass is 9.82. The maximum Gasteiger partial charge on any atom is 0.0293 e. The molecule has 0 bridgehead atoms. The lowest BCUT2D eigenvalue weighted by molar-refractivity contribution is 0.314. The molecule has 2 unspecified atom stereocenters. The van der Waals surface area contributed by atoms with Crippen LogP contribution < -0.4 is 0 Å². The fraction of sp³-hybridized carbons (Fsp3) is 0.818. The van der Waals surface area contributed by atoms with Crippen molar-refractivity contribution in [2.45, 2.75) is 35.5 Å². The van der Waals surface area contributed by atoms with Crippen molar-refractivity contribution >= 4 is 22.6 Å². The Balaban J connectivity index is 1.88. The third-order valence-corrected chi connectivity index (χ3v) is 5.77. The molecule has 0 aromatic rings. The standard InChI is InChI=1S/C11H15I/c1-7-2-10-4-8-3-9(8)6-11(10,12)5-7/h8-10H,1-6H2/t8?,9?,10-,11-/m1/s1. The van der Waals surface area contributed by atoms with Crippen molar-refractivity contribution in [1.29, 1.82) is 0 Å². The first-order chi connectivity index (χ1) is 5.67. The summed E-state index contributed by atoms with van der Waals surface area (Å²) in [4.78, 5) is 0. The van der Waals surface area contributed by atoms with Crippen LogP contribution in [0.5, 0.6) is 0 Å². The van der Waals surface area contributed by atoms with E-state index in [2.05, 4.69) is 29.2 Å². The quantitative estimate of drug-likeness (QED) is 0.360. The molecule has 0 aliphatic heterocycles. The Labute approximate surface area is 87.9 Å². The highest BCUT2D eigenvalue weighted by atomic mass is 127. The predicted octanol–water partition coefficient (Wildman–Crippen LogP) is 3.56. The van der Waals surface area contributed by atoms with Gasteiger partial charge in [-0.05, 0) is 49.9 Å². The van der Waals surface area contributed by atoms with Gasteiger partial charge in [-0.15, -0.1) is 0 Å². The molecule has 0 saturated heterocycles. The smallest absolute Gasteiger partial charge is 0.0293 e. The Morgan fingerprint density at radius 3 is 3.00 bits per heavy atom.